The summed E-state index contributed by atoms with van der Waals surface area (Å²) in [6.45, 7) is 1.47. The van der Waals surface area contributed by atoms with E-state index in [4.69, 9.17) is 11.6 Å². The van der Waals surface area contributed by atoms with Crippen molar-refractivity contribution in [3.63, 3.8) is 0 Å². The molecule has 1 aliphatic heterocycles. The molecule has 10 heteroatoms. The number of nitrogens with zero attached hydrogens (tertiary/aromatic N) is 2. The number of amides is 3. The van der Waals surface area contributed by atoms with Crippen molar-refractivity contribution in [1.29, 1.82) is 0 Å². The Balaban J connectivity index is 1.50. The smallest absolute Gasteiger partial charge is 0.269 e. The summed E-state index contributed by atoms with van der Waals surface area (Å²) in [4.78, 5) is 40.4. The van der Waals surface area contributed by atoms with E-state index in [1.165, 1.54) is 17.0 Å². The minimum Gasteiger partial charge on any atom is -0.352 e. The second kappa shape index (κ2) is 10.4. The Bertz CT molecular complexity index is 1240. The van der Waals surface area contributed by atoms with E-state index in [9.17, 15) is 22.8 Å². The first-order valence-corrected chi connectivity index (χ1v) is 13.5. The maximum Gasteiger partial charge on any atom is 0.269 e. The molecule has 0 spiro atoms. The number of hydrogen-bond acceptors (Lipinski definition) is 5. The fraction of sp³-hybridized carbons (Fsp3) is 0.400. The highest BCUT2D eigenvalue weighted by Gasteiger charge is 2.41. The van der Waals surface area contributed by atoms with Crippen LogP contribution in [0.25, 0.3) is 0 Å². The largest absolute Gasteiger partial charge is 0.352 e. The molecule has 0 radical (unpaired) electrons. The van der Waals surface area contributed by atoms with Crippen LogP contribution in [-0.2, 0) is 26.2 Å². The average molecular weight is 518 g/mol. The predicted octanol–water partition coefficient (Wildman–Crippen LogP) is 3.35. The van der Waals surface area contributed by atoms with Crippen LogP contribution in [0.5, 0.6) is 0 Å². The molecular weight excluding hydrogens is 490 g/mol. The Morgan fingerprint density at radius 1 is 1.14 bits per heavy atom. The van der Waals surface area contributed by atoms with Gasteiger partial charge >= 0.3 is 0 Å². The fourth-order valence-electron chi connectivity index (χ4n) is 4.60. The number of halogens is 1. The Morgan fingerprint density at radius 3 is 2.54 bits per heavy atom. The average Bonchev–Trinajstić information content (AvgIpc) is 3.40. The zero-order valence-electron chi connectivity index (χ0n) is 19.4. The number of fused-ring (bicyclic) bond motifs is 1. The molecule has 1 N–H and O–H groups in total. The van der Waals surface area contributed by atoms with Gasteiger partial charge in [0.05, 0.1) is 5.56 Å². The van der Waals surface area contributed by atoms with Crippen molar-refractivity contribution in [2.75, 3.05) is 6.54 Å². The molecule has 0 saturated heterocycles. The maximum atomic E-state index is 13.3. The highest BCUT2D eigenvalue weighted by atomic mass is 35.5. The molecule has 186 valence electrons. The lowest BCUT2D eigenvalue weighted by Gasteiger charge is -2.30. The normalized spacial score (nSPS) is 17.8. The summed E-state index contributed by atoms with van der Waals surface area (Å²) in [5.74, 6) is -1.34. The summed E-state index contributed by atoms with van der Waals surface area (Å²) in [6.07, 6.45) is 3.70. The SMILES string of the molecule is CC(C(=O)NC1CCCC1)N(Cc1cccc(Cl)c1)C(=O)CCN1C(=O)c2ccccc2S1(=O)=O. The number of hydrogen-bond donors (Lipinski definition) is 1. The number of carbonyl (C=O) groups is 3. The molecule has 3 amide bonds. The molecule has 8 nitrogen and oxygen atoms in total. The molecule has 2 aliphatic rings. The van der Waals surface area contributed by atoms with Gasteiger partial charge in [-0.25, -0.2) is 12.7 Å². The van der Waals surface area contributed by atoms with Crippen molar-refractivity contribution in [3.8, 4) is 0 Å². The lowest BCUT2D eigenvalue weighted by atomic mass is 10.1. The second-order valence-corrected chi connectivity index (χ2v) is 11.2. The van der Waals surface area contributed by atoms with E-state index >= 15 is 0 Å². The van der Waals surface area contributed by atoms with Crippen LogP contribution < -0.4 is 5.32 Å². The molecule has 4 rings (SSSR count). The summed E-state index contributed by atoms with van der Waals surface area (Å²) < 4.78 is 26.4. The monoisotopic (exact) mass is 517 g/mol. The van der Waals surface area contributed by atoms with Gasteiger partial charge in [0, 0.05) is 30.6 Å². The number of nitrogens with one attached hydrogen (secondary N) is 1. The Hall–Kier alpha value is -2.91. The van der Waals surface area contributed by atoms with Crippen molar-refractivity contribution >= 4 is 39.3 Å². The van der Waals surface area contributed by atoms with E-state index in [2.05, 4.69) is 5.32 Å². The molecule has 1 aliphatic carbocycles. The first kappa shape index (κ1) is 25.2. The van der Waals surface area contributed by atoms with Crippen LogP contribution in [0.1, 0.15) is 54.9 Å². The van der Waals surface area contributed by atoms with Gasteiger partial charge in [-0.2, -0.15) is 0 Å². The van der Waals surface area contributed by atoms with Crippen molar-refractivity contribution < 1.29 is 22.8 Å². The van der Waals surface area contributed by atoms with Crippen LogP contribution >= 0.6 is 11.6 Å². The highest BCUT2D eigenvalue weighted by molar-refractivity contribution is 7.90. The zero-order valence-corrected chi connectivity index (χ0v) is 21.0. The van der Waals surface area contributed by atoms with Gasteiger partial charge in [0.25, 0.3) is 15.9 Å². The molecule has 2 aromatic rings. The van der Waals surface area contributed by atoms with E-state index in [0.717, 1.165) is 35.6 Å². The molecule has 1 saturated carbocycles. The second-order valence-electron chi connectivity index (χ2n) is 8.95. The Kier molecular flexibility index (Phi) is 7.47. The van der Waals surface area contributed by atoms with Crippen LogP contribution in [0.15, 0.2) is 53.4 Å². The van der Waals surface area contributed by atoms with Crippen molar-refractivity contribution in [2.45, 2.75) is 62.6 Å². The van der Waals surface area contributed by atoms with Crippen molar-refractivity contribution in [1.82, 2.24) is 14.5 Å². The highest BCUT2D eigenvalue weighted by Crippen LogP contribution is 2.30. The summed E-state index contributed by atoms with van der Waals surface area (Å²) >= 11 is 6.11. The zero-order chi connectivity index (χ0) is 25.2. The van der Waals surface area contributed by atoms with E-state index < -0.39 is 27.9 Å². The van der Waals surface area contributed by atoms with Crippen LogP contribution in [0, 0.1) is 0 Å². The number of carbonyl (C=O) groups excluding carboxylic acids is 3. The molecular formula is C25H28ClN3O5S. The van der Waals surface area contributed by atoms with Crippen LogP contribution in [0.2, 0.25) is 5.02 Å². The molecule has 2 aromatic carbocycles. The quantitative estimate of drug-likeness (QED) is 0.578. The van der Waals surface area contributed by atoms with Gasteiger partial charge in [0.2, 0.25) is 11.8 Å². The predicted molar refractivity (Wildman–Crippen MR) is 131 cm³/mol. The lowest BCUT2D eigenvalue weighted by molar-refractivity contribution is -0.140. The minimum atomic E-state index is -4.02. The van der Waals surface area contributed by atoms with E-state index in [1.807, 2.05) is 0 Å². The van der Waals surface area contributed by atoms with Crippen LogP contribution in [-0.4, -0.2) is 54.0 Å². The lowest BCUT2D eigenvalue weighted by Crippen LogP contribution is -2.50. The topological polar surface area (TPSA) is 104 Å². The van der Waals surface area contributed by atoms with Gasteiger partial charge in [-0.05, 0) is 49.6 Å². The molecule has 35 heavy (non-hydrogen) atoms. The van der Waals surface area contributed by atoms with Gasteiger partial charge in [-0.15, -0.1) is 0 Å². The van der Waals surface area contributed by atoms with E-state index in [1.54, 1.807) is 43.3 Å². The third-order valence-electron chi connectivity index (χ3n) is 6.55. The van der Waals surface area contributed by atoms with Crippen LogP contribution in [0.4, 0.5) is 0 Å². The first-order chi connectivity index (χ1) is 16.7. The molecule has 0 aromatic heterocycles. The van der Waals surface area contributed by atoms with E-state index in [-0.39, 0.29) is 41.9 Å². The third-order valence-corrected chi connectivity index (χ3v) is 8.63. The van der Waals surface area contributed by atoms with E-state index in [0.29, 0.717) is 5.02 Å². The molecule has 1 atom stereocenters. The molecule has 1 fully saturated rings. The van der Waals surface area contributed by atoms with Gasteiger partial charge in [0.15, 0.2) is 0 Å². The number of sulfonamides is 1. The summed E-state index contributed by atoms with van der Waals surface area (Å²) in [6, 6.07) is 12.3. The van der Waals surface area contributed by atoms with Crippen molar-refractivity contribution in [2.24, 2.45) is 0 Å². The van der Waals surface area contributed by atoms with Gasteiger partial charge in [0.1, 0.15) is 10.9 Å². The summed E-state index contributed by atoms with van der Waals surface area (Å²) in [7, 11) is -4.02. The Labute approximate surface area is 210 Å². The van der Waals surface area contributed by atoms with Gasteiger partial charge in [-0.3, -0.25) is 14.4 Å². The summed E-state index contributed by atoms with van der Waals surface area (Å²) in [5.41, 5.74) is 0.837. The Morgan fingerprint density at radius 2 is 1.86 bits per heavy atom. The van der Waals surface area contributed by atoms with Crippen molar-refractivity contribution in [3.05, 3.63) is 64.7 Å². The molecule has 1 heterocycles. The first-order valence-electron chi connectivity index (χ1n) is 11.7. The fourth-order valence-corrected chi connectivity index (χ4v) is 6.38. The third kappa shape index (κ3) is 5.36. The maximum absolute atomic E-state index is 13.3. The number of benzene rings is 2. The minimum absolute atomic E-state index is 0.0578. The molecule has 1 unspecified atom stereocenters. The van der Waals surface area contributed by atoms with Crippen LogP contribution in [0.3, 0.4) is 0 Å². The summed E-state index contributed by atoms with van der Waals surface area (Å²) in [5, 5.41) is 3.53. The van der Waals surface area contributed by atoms with Gasteiger partial charge in [-0.1, -0.05) is 48.7 Å². The van der Waals surface area contributed by atoms with Gasteiger partial charge < -0.3 is 10.2 Å². The number of rotatable bonds is 8. The standard InChI is InChI=1S/C25H28ClN3O5S/c1-17(24(31)27-20-9-2-3-10-20)28(16-18-7-6-8-19(26)15-18)23(30)13-14-29-25(32)21-11-4-5-12-22(21)35(29,33)34/h4-8,11-12,15,17,20H,2-3,9-10,13-14,16H2,1H3,(H,27,31). The molecule has 0 bridgehead atoms.